The molecule has 9 heteroatoms. The highest BCUT2D eigenvalue weighted by Crippen LogP contribution is 2.38. The van der Waals surface area contributed by atoms with Gasteiger partial charge in [-0.15, -0.1) is 0 Å². The summed E-state index contributed by atoms with van der Waals surface area (Å²) < 4.78 is 10.4. The van der Waals surface area contributed by atoms with Crippen molar-refractivity contribution < 1.29 is 13.8 Å². The van der Waals surface area contributed by atoms with Crippen molar-refractivity contribution in [2.45, 2.75) is 58.2 Å². The number of rotatable bonds is 6. The number of carbonyl (C=O) groups is 1. The molecular weight excluding hydrogens is 324 g/mol. The lowest BCUT2D eigenvalue weighted by molar-refractivity contribution is -0.131. The lowest BCUT2D eigenvalue weighted by Crippen LogP contribution is -2.40. The van der Waals surface area contributed by atoms with Crippen LogP contribution in [-0.4, -0.2) is 55.1 Å². The summed E-state index contributed by atoms with van der Waals surface area (Å²) in [5.74, 6) is 3.06. The first-order valence-corrected chi connectivity index (χ1v) is 8.69. The van der Waals surface area contributed by atoms with Crippen molar-refractivity contribution in [3.63, 3.8) is 0 Å². The lowest BCUT2D eigenvalue weighted by atomic mass is 10.2. The molecule has 0 bridgehead atoms. The average molecular weight is 346 g/mol. The van der Waals surface area contributed by atoms with Gasteiger partial charge >= 0.3 is 0 Å². The van der Waals surface area contributed by atoms with Crippen molar-refractivity contribution in [3.05, 3.63) is 23.4 Å². The number of aryl methyl sites for hydroxylation is 1. The third-order valence-electron chi connectivity index (χ3n) is 4.76. The van der Waals surface area contributed by atoms with Crippen LogP contribution < -0.4 is 0 Å². The second kappa shape index (κ2) is 6.55. The van der Waals surface area contributed by atoms with Crippen LogP contribution in [0.25, 0.3) is 0 Å². The normalized spacial score (nSPS) is 21.0. The quantitative estimate of drug-likeness (QED) is 0.770. The molecule has 0 N–H and O–H groups in total. The van der Waals surface area contributed by atoms with Crippen LogP contribution >= 0.6 is 0 Å². The van der Waals surface area contributed by atoms with E-state index in [-0.39, 0.29) is 11.9 Å². The molecule has 1 saturated carbocycles. The van der Waals surface area contributed by atoms with Crippen LogP contribution in [0.15, 0.2) is 9.05 Å². The van der Waals surface area contributed by atoms with E-state index in [9.17, 15) is 4.79 Å². The van der Waals surface area contributed by atoms with Gasteiger partial charge in [0.05, 0.1) is 13.1 Å². The Kier molecular flexibility index (Phi) is 4.24. The fourth-order valence-electron chi connectivity index (χ4n) is 3.30. The van der Waals surface area contributed by atoms with E-state index in [0.29, 0.717) is 36.6 Å². The number of carbonyl (C=O) groups excluding carboxylic acids is 1. The summed E-state index contributed by atoms with van der Waals surface area (Å²) in [6.45, 7) is 5.99. The Hall–Kier alpha value is -2.29. The first-order chi connectivity index (χ1) is 12.1. The third-order valence-corrected chi connectivity index (χ3v) is 4.76. The number of hydrogen-bond donors (Lipinski definition) is 0. The molecule has 1 atom stereocenters. The van der Waals surface area contributed by atoms with Gasteiger partial charge in [0.2, 0.25) is 17.7 Å². The number of nitrogens with zero attached hydrogens (tertiary/aromatic N) is 6. The molecule has 1 amide bonds. The van der Waals surface area contributed by atoms with Gasteiger partial charge in [-0.25, -0.2) is 0 Å². The maximum Gasteiger partial charge on any atom is 0.240 e. The summed E-state index contributed by atoms with van der Waals surface area (Å²) in [7, 11) is 0. The molecule has 0 aromatic carbocycles. The van der Waals surface area contributed by atoms with Gasteiger partial charge in [0.25, 0.3) is 0 Å². The van der Waals surface area contributed by atoms with Gasteiger partial charge in [-0.2, -0.15) is 9.97 Å². The van der Waals surface area contributed by atoms with E-state index in [1.54, 1.807) is 13.8 Å². The molecule has 4 rings (SSSR count). The van der Waals surface area contributed by atoms with Crippen LogP contribution in [0.2, 0.25) is 0 Å². The zero-order chi connectivity index (χ0) is 17.4. The van der Waals surface area contributed by atoms with Crippen molar-refractivity contribution in [2.75, 3.05) is 13.1 Å². The maximum absolute atomic E-state index is 12.1. The molecule has 3 heterocycles. The van der Waals surface area contributed by atoms with Crippen LogP contribution in [0.1, 0.15) is 55.5 Å². The highest BCUT2D eigenvalue weighted by Gasteiger charge is 2.32. The summed E-state index contributed by atoms with van der Waals surface area (Å²) in [5, 5.41) is 7.95. The van der Waals surface area contributed by atoms with E-state index in [1.165, 1.54) is 0 Å². The van der Waals surface area contributed by atoms with Crippen molar-refractivity contribution in [3.8, 4) is 0 Å². The third kappa shape index (κ3) is 3.71. The molecule has 1 saturated heterocycles. The van der Waals surface area contributed by atoms with E-state index in [1.807, 2.05) is 4.90 Å². The Morgan fingerprint density at radius 1 is 1.24 bits per heavy atom. The van der Waals surface area contributed by atoms with E-state index in [4.69, 9.17) is 9.05 Å². The zero-order valence-corrected chi connectivity index (χ0v) is 14.5. The van der Waals surface area contributed by atoms with Crippen LogP contribution in [0, 0.1) is 6.92 Å². The van der Waals surface area contributed by atoms with Crippen LogP contribution in [0.3, 0.4) is 0 Å². The molecule has 2 aromatic rings. The van der Waals surface area contributed by atoms with Crippen LogP contribution in [-0.2, 0) is 17.9 Å². The number of amides is 1. The topological polar surface area (TPSA) is 101 Å². The van der Waals surface area contributed by atoms with Gasteiger partial charge in [0, 0.05) is 38.9 Å². The fraction of sp³-hybridized carbons (Fsp3) is 0.688. The van der Waals surface area contributed by atoms with Crippen molar-refractivity contribution in [1.82, 2.24) is 30.1 Å². The minimum absolute atomic E-state index is 0.0168. The molecule has 0 radical (unpaired) electrons. The summed E-state index contributed by atoms with van der Waals surface area (Å²) in [4.78, 5) is 24.8. The first-order valence-electron chi connectivity index (χ1n) is 8.69. The largest absolute Gasteiger partial charge is 0.340 e. The van der Waals surface area contributed by atoms with Gasteiger partial charge in [-0.1, -0.05) is 10.3 Å². The van der Waals surface area contributed by atoms with E-state index >= 15 is 0 Å². The van der Waals surface area contributed by atoms with Crippen molar-refractivity contribution in [1.29, 1.82) is 0 Å². The van der Waals surface area contributed by atoms with E-state index < -0.39 is 0 Å². The molecule has 2 fully saturated rings. The minimum atomic E-state index is 0.0168. The SMILES string of the molecule is CC(=O)N(Cc1noc(C)n1)C1CCN(Cc2nc(C3CC3)no2)C1. The second-order valence-corrected chi connectivity index (χ2v) is 6.87. The summed E-state index contributed by atoms with van der Waals surface area (Å²) in [5.41, 5.74) is 0. The Morgan fingerprint density at radius 2 is 2.08 bits per heavy atom. The predicted octanol–water partition coefficient (Wildman–Crippen LogP) is 1.26. The highest BCUT2D eigenvalue weighted by molar-refractivity contribution is 5.73. The number of aromatic nitrogens is 4. The molecule has 2 aromatic heterocycles. The molecular formula is C16H22N6O3. The predicted molar refractivity (Wildman–Crippen MR) is 85.2 cm³/mol. The van der Waals surface area contributed by atoms with Crippen molar-refractivity contribution >= 4 is 5.91 Å². The first kappa shape index (κ1) is 16.2. The van der Waals surface area contributed by atoms with Crippen molar-refractivity contribution in [2.24, 2.45) is 0 Å². The zero-order valence-electron chi connectivity index (χ0n) is 14.5. The molecule has 2 aliphatic rings. The maximum atomic E-state index is 12.1. The van der Waals surface area contributed by atoms with Gasteiger partial charge in [-0.05, 0) is 19.3 Å². The smallest absolute Gasteiger partial charge is 0.240 e. The number of hydrogen-bond acceptors (Lipinski definition) is 8. The molecule has 1 aliphatic heterocycles. The van der Waals surface area contributed by atoms with Crippen LogP contribution in [0.5, 0.6) is 0 Å². The lowest BCUT2D eigenvalue weighted by Gasteiger charge is -2.26. The molecule has 1 aliphatic carbocycles. The standard InChI is InChI=1S/C16H22N6O3/c1-10-17-14(19-24-10)8-22(11(2)23)13-5-6-21(7-13)9-15-18-16(20-25-15)12-3-4-12/h12-13H,3-9H2,1-2H3. The molecule has 25 heavy (non-hydrogen) atoms. The van der Waals surface area contributed by atoms with Gasteiger partial charge < -0.3 is 13.9 Å². The fourth-order valence-corrected chi connectivity index (χ4v) is 3.30. The monoisotopic (exact) mass is 346 g/mol. The average Bonchev–Trinajstić information content (AvgIpc) is 2.95. The molecule has 9 nitrogen and oxygen atoms in total. The van der Waals surface area contributed by atoms with Gasteiger partial charge in [0.1, 0.15) is 0 Å². The Balaban J connectivity index is 1.36. The number of likely N-dealkylation sites (tertiary alicyclic amines) is 1. The second-order valence-electron chi connectivity index (χ2n) is 6.87. The Bertz CT molecular complexity index is 753. The molecule has 134 valence electrons. The molecule has 0 spiro atoms. The van der Waals surface area contributed by atoms with Crippen LogP contribution in [0.4, 0.5) is 0 Å². The summed E-state index contributed by atoms with van der Waals surface area (Å²) >= 11 is 0. The minimum Gasteiger partial charge on any atom is -0.340 e. The Morgan fingerprint density at radius 3 is 2.76 bits per heavy atom. The molecule has 1 unspecified atom stereocenters. The van der Waals surface area contributed by atoms with E-state index in [2.05, 4.69) is 25.2 Å². The van der Waals surface area contributed by atoms with E-state index in [0.717, 1.165) is 38.2 Å². The summed E-state index contributed by atoms with van der Waals surface area (Å²) in [6, 6.07) is 0.127. The van der Waals surface area contributed by atoms with Gasteiger partial charge in [0.15, 0.2) is 11.6 Å². The van der Waals surface area contributed by atoms with Gasteiger partial charge in [-0.3, -0.25) is 9.69 Å². The Labute approximate surface area is 145 Å². The summed E-state index contributed by atoms with van der Waals surface area (Å²) in [6.07, 6.45) is 3.22. The highest BCUT2D eigenvalue weighted by atomic mass is 16.5.